The lowest BCUT2D eigenvalue weighted by atomic mass is 9.51. The number of phenols is 1. The fourth-order valence-electron chi connectivity index (χ4n) is 9.67. The van der Waals surface area contributed by atoms with Crippen LogP contribution in [0.4, 0.5) is 0 Å². The average Bonchev–Trinajstić information content (AvgIpc) is 3.14. The maximum Gasteiger partial charge on any atom is 0.298 e. The van der Waals surface area contributed by atoms with Crippen molar-refractivity contribution >= 4 is 18.0 Å². The molecule has 1 aromatic carbocycles. The van der Waals surface area contributed by atoms with E-state index in [2.05, 4.69) is 6.58 Å². The number of aromatic hydroxyl groups is 1. The number of hydrogen-bond acceptors (Lipinski definition) is 9. The van der Waals surface area contributed by atoms with E-state index in [1.54, 1.807) is 19.1 Å². The largest absolute Gasteiger partial charge is 0.507 e. The number of allylic oxidation sites excluding steroid dienone is 5. The van der Waals surface area contributed by atoms with Gasteiger partial charge in [-0.25, -0.2) is 0 Å². The van der Waals surface area contributed by atoms with Crippen molar-refractivity contribution in [2.24, 2.45) is 17.8 Å². The summed E-state index contributed by atoms with van der Waals surface area (Å²) in [4.78, 5) is 40.5. The van der Waals surface area contributed by atoms with Gasteiger partial charge in [0.25, 0.3) is 6.47 Å². The molecule has 8 rings (SSSR count). The van der Waals surface area contributed by atoms with E-state index in [4.69, 9.17) is 18.9 Å². The summed E-state index contributed by atoms with van der Waals surface area (Å²) < 4.78 is 25.8. The first-order chi connectivity index (χ1) is 22.0. The molecular weight excluding hydrogens is 600 g/mol. The van der Waals surface area contributed by atoms with Gasteiger partial charge in [0.15, 0.2) is 22.8 Å². The molecule has 4 unspecified atom stereocenters. The molecule has 1 saturated heterocycles. The van der Waals surface area contributed by atoms with E-state index in [0.29, 0.717) is 60.4 Å². The molecule has 7 aliphatic rings. The summed E-state index contributed by atoms with van der Waals surface area (Å²) in [5.41, 5.74) is -1.64. The zero-order valence-corrected chi connectivity index (χ0v) is 28.2. The first-order valence-corrected chi connectivity index (χ1v) is 16.6. The average molecular weight is 645 g/mol. The lowest BCUT2D eigenvalue weighted by molar-refractivity contribution is -0.171. The second kappa shape index (κ2) is 10.2. The fraction of sp³-hybridized carbons (Fsp3) is 0.553. The number of ether oxygens (including phenoxy) is 4. The van der Waals surface area contributed by atoms with Crippen molar-refractivity contribution in [3.05, 3.63) is 64.0 Å². The van der Waals surface area contributed by atoms with Crippen LogP contribution in [-0.2, 0) is 25.5 Å². The van der Waals surface area contributed by atoms with Crippen molar-refractivity contribution in [2.45, 2.75) is 115 Å². The number of carbonyl (C=O) groups is 3. The Kier molecular flexibility index (Phi) is 6.89. The predicted octanol–water partition coefficient (Wildman–Crippen LogP) is 5.96. The molecule has 3 heterocycles. The maximum atomic E-state index is 15.0. The van der Waals surface area contributed by atoms with E-state index in [-0.39, 0.29) is 41.1 Å². The quantitative estimate of drug-likeness (QED) is 0.210. The van der Waals surface area contributed by atoms with Gasteiger partial charge < -0.3 is 29.2 Å². The number of aliphatic hydroxyl groups is 1. The molecule has 2 saturated carbocycles. The molecule has 9 nitrogen and oxygen atoms in total. The lowest BCUT2D eigenvalue weighted by Gasteiger charge is -2.57. The molecule has 0 radical (unpaired) electrons. The van der Waals surface area contributed by atoms with Gasteiger partial charge in [-0.2, -0.15) is 0 Å². The molecule has 0 amide bonds. The molecule has 3 fully saturated rings. The summed E-state index contributed by atoms with van der Waals surface area (Å²) in [5, 5.41) is 23.9. The number of hydrogen-bond donors (Lipinski definition) is 2. The number of Topliss-reactive ketones (excluding diaryl/α,β-unsaturated/α-hetero) is 2. The predicted molar refractivity (Wildman–Crippen MR) is 172 cm³/mol. The number of carbonyl (C=O) groups excluding carboxylic acids is 3. The van der Waals surface area contributed by atoms with Crippen molar-refractivity contribution in [1.82, 2.24) is 0 Å². The monoisotopic (exact) mass is 644 g/mol. The van der Waals surface area contributed by atoms with E-state index in [1.165, 1.54) is 0 Å². The van der Waals surface area contributed by atoms with Crippen LogP contribution in [0.5, 0.6) is 17.2 Å². The Morgan fingerprint density at radius 2 is 1.83 bits per heavy atom. The van der Waals surface area contributed by atoms with Gasteiger partial charge in [0.2, 0.25) is 0 Å². The van der Waals surface area contributed by atoms with Crippen LogP contribution in [0.15, 0.2) is 47.3 Å². The number of phenolic OH excluding ortho intramolecular Hbond substituents is 1. The van der Waals surface area contributed by atoms with Crippen LogP contribution in [-0.4, -0.2) is 56.8 Å². The molecule has 8 atom stereocenters. The zero-order valence-electron chi connectivity index (χ0n) is 28.2. The van der Waals surface area contributed by atoms with Crippen molar-refractivity contribution in [3.8, 4) is 17.2 Å². The second-order valence-electron chi connectivity index (χ2n) is 15.4. The SMILES string of the molecule is C=C(C)C1CC[C@@]2(C)Oc3c(CC=C(C)C)c4c(c(O)c3[C@@H]1C2O)C(=O)C1=C[C@@H]2CC3C(C)(C)OC(C/C=C(/C)OC=O)(C2=O)[C@@]13O4. The van der Waals surface area contributed by atoms with E-state index < -0.39 is 46.1 Å². The molecule has 9 heteroatoms. The molecule has 2 N–H and O–H groups in total. The second-order valence-corrected chi connectivity index (χ2v) is 15.4. The van der Waals surface area contributed by atoms with Gasteiger partial charge >= 0.3 is 0 Å². The van der Waals surface area contributed by atoms with Crippen LogP contribution >= 0.6 is 0 Å². The number of fused-ring (bicyclic) bond motifs is 5. The maximum absolute atomic E-state index is 15.0. The number of aliphatic hydroxyl groups excluding tert-OH is 1. The number of rotatable bonds is 7. The molecule has 1 spiro atoms. The Bertz CT molecular complexity index is 1740. The molecular formula is C38H44O9. The topological polar surface area (TPSA) is 129 Å². The van der Waals surface area contributed by atoms with Crippen molar-refractivity contribution in [3.63, 3.8) is 0 Å². The molecule has 3 aliphatic heterocycles. The third-order valence-corrected chi connectivity index (χ3v) is 11.9. The highest BCUT2D eigenvalue weighted by atomic mass is 16.6. The van der Waals surface area contributed by atoms with Crippen molar-refractivity contribution in [2.75, 3.05) is 0 Å². The molecule has 6 bridgehead atoms. The Balaban J connectivity index is 1.52. The Morgan fingerprint density at radius 3 is 2.49 bits per heavy atom. The zero-order chi connectivity index (χ0) is 34.0. The smallest absolute Gasteiger partial charge is 0.298 e. The highest BCUT2D eigenvalue weighted by Gasteiger charge is 2.81. The Hall–Kier alpha value is -3.69. The molecule has 0 aromatic heterocycles. The first kappa shape index (κ1) is 31.9. The van der Waals surface area contributed by atoms with Gasteiger partial charge in [-0.1, -0.05) is 29.9 Å². The van der Waals surface area contributed by atoms with Gasteiger partial charge in [0.1, 0.15) is 40.3 Å². The minimum absolute atomic E-state index is 0.0191. The van der Waals surface area contributed by atoms with Crippen LogP contribution in [0.25, 0.3) is 0 Å². The molecule has 1 aromatic rings. The van der Waals surface area contributed by atoms with Crippen LogP contribution in [0.1, 0.15) is 102 Å². The van der Waals surface area contributed by atoms with E-state index in [9.17, 15) is 24.6 Å². The summed E-state index contributed by atoms with van der Waals surface area (Å²) in [6, 6.07) is 0. The first-order valence-electron chi connectivity index (χ1n) is 16.6. The molecule has 4 aliphatic carbocycles. The van der Waals surface area contributed by atoms with Crippen LogP contribution in [0.2, 0.25) is 0 Å². The summed E-state index contributed by atoms with van der Waals surface area (Å²) >= 11 is 0. The van der Waals surface area contributed by atoms with Gasteiger partial charge in [-0.05, 0) is 86.1 Å². The highest BCUT2D eigenvalue weighted by molar-refractivity contribution is 6.18. The third-order valence-electron chi connectivity index (χ3n) is 11.9. The summed E-state index contributed by atoms with van der Waals surface area (Å²) in [6.07, 6.45) is 6.51. The van der Waals surface area contributed by atoms with Crippen molar-refractivity contribution in [1.29, 1.82) is 0 Å². The fourth-order valence-corrected chi connectivity index (χ4v) is 9.67. The number of ketones is 2. The molecule has 250 valence electrons. The highest BCUT2D eigenvalue weighted by Crippen LogP contribution is 2.69. The minimum atomic E-state index is -1.58. The Morgan fingerprint density at radius 1 is 1.11 bits per heavy atom. The summed E-state index contributed by atoms with van der Waals surface area (Å²) in [5.74, 6) is -1.62. The van der Waals surface area contributed by atoms with Gasteiger partial charge in [0, 0.05) is 40.9 Å². The van der Waals surface area contributed by atoms with Gasteiger partial charge in [-0.3, -0.25) is 14.4 Å². The Labute approximate surface area is 275 Å². The summed E-state index contributed by atoms with van der Waals surface area (Å²) in [7, 11) is 0. The van der Waals surface area contributed by atoms with Crippen LogP contribution < -0.4 is 9.47 Å². The number of benzene rings is 1. The van der Waals surface area contributed by atoms with Gasteiger partial charge in [-0.15, -0.1) is 0 Å². The third kappa shape index (κ3) is 3.99. The van der Waals surface area contributed by atoms with Crippen LogP contribution in [0, 0.1) is 17.8 Å². The lowest BCUT2D eigenvalue weighted by Crippen LogP contribution is -2.72. The normalized spacial score (nSPS) is 37.1. The van der Waals surface area contributed by atoms with E-state index in [1.807, 2.05) is 47.6 Å². The standard InChI is InChI=1S/C38H44O9/c1-18(2)9-10-23-31-27(26-22(19(3)4)12-13-36(8,45-31)34(26)43)30(41)28-29(40)24-15-21-16-25-35(6,7)47-37(33(21)42,14-11-20(5)44-17-39)38(24,25)46-32(23)28/h9,11,15,17,21-22,25-26,34,41,43H,3,10,12-14,16H2,1-2,4-8H3/b20-11-/t21-,22?,25?,26-,34?,36-,37?,38-/m1/s1. The van der Waals surface area contributed by atoms with Gasteiger partial charge in [0.05, 0.1) is 5.60 Å². The summed E-state index contributed by atoms with van der Waals surface area (Å²) in [6.45, 7) is 17.8. The van der Waals surface area contributed by atoms with Crippen molar-refractivity contribution < 1.29 is 43.5 Å². The molecule has 47 heavy (non-hydrogen) atoms. The minimum Gasteiger partial charge on any atom is -0.507 e. The van der Waals surface area contributed by atoms with E-state index in [0.717, 1.165) is 11.1 Å². The van der Waals surface area contributed by atoms with Crippen LogP contribution in [0.3, 0.4) is 0 Å². The van der Waals surface area contributed by atoms with E-state index >= 15 is 0 Å².